The number of hydrogen-bond donors (Lipinski definition) is 2. The van der Waals surface area contributed by atoms with Crippen LogP contribution in [-0.2, 0) is 6.54 Å². The zero-order chi connectivity index (χ0) is 15.4. The summed E-state index contributed by atoms with van der Waals surface area (Å²) in [7, 11) is 3.42. The van der Waals surface area contributed by atoms with Gasteiger partial charge in [0.2, 0.25) is 0 Å². The predicted octanol–water partition coefficient (Wildman–Crippen LogP) is 2.40. The number of nitrogens with two attached hydrogens (primary N) is 1. The molecule has 2 aromatic carbocycles. The second kappa shape index (κ2) is 6.26. The lowest BCUT2D eigenvalue weighted by Gasteiger charge is -2.22. The molecule has 0 aliphatic heterocycles. The van der Waals surface area contributed by atoms with Crippen molar-refractivity contribution in [1.29, 1.82) is 0 Å². The summed E-state index contributed by atoms with van der Waals surface area (Å²) in [5.41, 5.74) is 8.44. The summed E-state index contributed by atoms with van der Waals surface area (Å²) < 4.78 is 13.2. The van der Waals surface area contributed by atoms with Crippen LogP contribution >= 0.6 is 0 Å². The van der Waals surface area contributed by atoms with Crippen LogP contribution in [0, 0.1) is 5.82 Å². The molecule has 0 saturated carbocycles. The van der Waals surface area contributed by atoms with E-state index in [0.717, 1.165) is 5.56 Å². The van der Waals surface area contributed by atoms with Crippen molar-refractivity contribution in [2.24, 2.45) is 0 Å². The summed E-state index contributed by atoms with van der Waals surface area (Å²) in [6, 6.07) is 11.5. The Hall–Kier alpha value is -2.56. The first-order valence-corrected chi connectivity index (χ1v) is 6.58. The average Bonchev–Trinajstić information content (AvgIpc) is 2.46. The van der Waals surface area contributed by atoms with Gasteiger partial charge >= 0.3 is 0 Å². The number of nitrogens with one attached hydrogen (secondary N) is 1. The zero-order valence-corrected chi connectivity index (χ0v) is 12.1. The van der Waals surface area contributed by atoms with E-state index in [9.17, 15) is 9.18 Å². The highest BCUT2D eigenvalue weighted by molar-refractivity contribution is 6.00. The van der Waals surface area contributed by atoms with Crippen LogP contribution in [0.5, 0.6) is 0 Å². The van der Waals surface area contributed by atoms with E-state index in [1.165, 1.54) is 12.1 Å². The maximum absolute atomic E-state index is 13.2. The van der Waals surface area contributed by atoms with E-state index in [4.69, 9.17) is 5.73 Å². The van der Waals surface area contributed by atoms with Crippen molar-refractivity contribution < 1.29 is 9.18 Å². The summed E-state index contributed by atoms with van der Waals surface area (Å²) in [5, 5.41) is 2.60. The van der Waals surface area contributed by atoms with Crippen LogP contribution in [-0.4, -0.2) is 20.0 Å². The average molecular weight is 287 g/mol. The Kier molecular flexibility index (Phi) is 4.42. The van der Waals surface area contributed by atoms with Gasteiger partial charge in [0.25, 0.3) is 5.91 Å². The van der Waals surface area contributed by atoms with E-state index in [-0.39, 0.29) is 11.7 Å². The van der Waals surface area contributed by atoms with Gasteiger partial charge in [-0.1, -0.05) is 12.1 Å². The normalized spacial score (nSPS) is 10.2. The van der Waals surface area contributed by atoms with E-state index >= 15 is 0 Å². The molecule has 0 spiro atoms. The first-order valence-electron chi connectivity index (χ1n) is 6.58. The molecule has 0 aliphatic rings. The maximum Gasteiger partial charge on any atom is 0.253 e. The molecule has 0 fully saturated rings. The third-order valence-electron chi connectivity index (χ3n) is 3.21. The zero-order valence-electron chi connectivity index (χ0n) is 12.1. The standard InChI is InChI=1S/C16H18FN3O/c1-19-16(21)14-7-6-13(18)9-15(14)20(2)10-11-4-3-5-12(17)8-11/h3-9H,10,18H2,1-2H3,(H,19,21). The summed E-state index contributed by atoms with van der Waals surface area (Å²) in [6.45, 7) is 0.477. The van der Waals surface area contributed by atoms with Gasteiger partial charge in [-0.2, -0.15) is 0 Å². The molecule has 5 heteroatoms. The van der Waals surface area contributed by atoms with Crippen molar-refractivity contribution in [2.45, 2.75) is 6.54 Å². The van der Waals surface area contributed by atoms with E-state index in [0.29, 0.717) is 23.5 Å². The fourth-order valence-electron chi connectivity index (χ4n) is 2.19. The molecule has 3 N–H and O–H groups in total. The van der Waals surface area contributed by atoms with Crippen LogP contribution in [0.2, 0.25) is 0 Å². The molecule has 2 rings (SSSR count). The van der Waals surface area contributed by atoms with Gasteiger partial charge in [-0.15, -0.1) is 0 Å². The van der Waals surface area contributed by atoms with Gasteiger partial charge in [-0.25, -0.2) is 4.39 Å². The van der Waals surface area contributed by atoms with Crippen molar-refractivity contribution in [3.05, 3.63) is 59.4 Å². The van der Waals surface area contributed by atoms with Gasteiger partial charge in [-0.3, -0.25) is 4.79 Å². The minimum absolute atomic E-state index is 0.184. The number of amides is 1. The van der Waals surface area contributed by atoms with Crippen molar-refractivity contribution >= 4 is 17.3 Å². The second-order valence-corrected chi connectivity index (χ2v) is 4.84. The van der Waals surface area contributed by atoms with Gasteiger partial charge < -0.3 is 16.0 Å². The van der Waals surface area contributed by atoms with Gasteiger partial charge in [0.05, 0.1) is 11.3 Å². The molecule has 4 nitrogen and oxygen atoms in total. The number of benzene rings is 2. The highest BCUT2D eigenvalue weighted by atomic mass is 19.1. The Morgan fingerprint density at radius 3 is 2.71 bits per heavy atom. The molecule has 0 radical (unpaired) electrons. The van der Waals surface area contributed by atoms with Crippen LogP contribution in [0.1, 0.15) is 15.9 Å². The number of carbonyl (C=O) groups is 1. The number of nitrogens with zero attached hydrogens (tertiary/aromatic N) is 1. The Morgan fingerprint density at radius 2 is 2.05 bits per heavy atom. The molecule has 110 valence electrons. The first kappa shape index (κ1) is 14.8. The van der Waals surface area contributed by atoms with Gasteiger partial charge in [-0.05, 0) is 35.9 Å². The molecule has 1 amide bonds. The van der Waals surface area contributed by atoms with E-state index < -0.39 is 0 Å². The van der Waals surface area contributed by atoms with Crippen molar-refractivity contribution in [3.8, 4) is 0 Å². The maximum atomic E-state index is 13.2. The monoisotopic (exact) mass is 287 g/mol. The second-order valence-electron chi connectivity index (χ2n) is 4.84. The number of hydrogen-bond acceptors (Lipinski definition) is 3. The van der Waals surface area contributed by atoms with Crippen LogP contribution in [0.3, 0.4) is 0 Å². The molecule has 0 aromatic heterocycles. The largest absolute Gasteiger partial charge is 0.399 e. The number of nitrogen functional groups attached to an aromatic ring is 1. The predicted molar refractivity (Wildman–Crippen MR) is 82.8 cm³/mol. The Labute approximate surface area is 123 Å². The van der Waals surface area contributed by atoms with Crippen LogP contribution < -0.4 is 16.0 Å². The SMILES string of the molecule is CNC(=O)c1ccc(N)cc1N(C)Cc1cccc(F)c1. The van der Waals surface area contributed by atoms with Crippen molar-refractivity contribution in [3.63, 3.8) is 0 Å². The van der Waals surface area contributed by atoms with E-state index in [1.807, 2.05) is 18.0 Å². The molecule has 0 heterocycles. The minimum Gasteiger partial charge on any atom is -0.399 e. The highest BCUT2D eigenvalue weighted by Crippen LogP contribution is 2.24. The summed E-state index contributed by atoms with van der Waals surface area (Å²) in [5.74, 6) is -0.462. The van der Waals surface area contributed by atoms with Gasteiger partial charge in [0, 0.05) is 26.3 Å². The summed E-state index contributed by atoms with van der Waals surface area (Å²) >= 11 is 0. The lowest BCUT2D eigenvalue weighted by molar-refractivity contribution is 0.0963. The molecule has 21 heavy (non-hydrogen) atoms. The van der Waals surface area contributed by atoms with Crippen LogP contribution in [0.15, 0.2) is 42.5 Å². The molecule has 0 bridgehead atoms. The summed E-state index contributed by atoms with van der Waals surface area (Å²) in [6.07, 6.45) is 0. The highest BCUT2D eigenvalue weighted by Gasteiger charge is 2.14. The molecule has 0 unspecified atom stereocenters. The fraction of sp³-hybridized carbons (Fsp3) is 0.188. The van der Waals surface area contributed by atoms with Gasteiger partial charge in [0.15, 0.2) is 0 Å². The summed E-state index contributed by atoms with van der Waals surface area (Å²) in [4.78, 5) is 13.8. The van der Waals surface area contributed by atoms with Crippen molar-refractivity contribution in [2.75, 3.05) is 24.7 Å². The number of carbonyl (C=O) groups excluding carboxylic acids is 1. The number of halogens is 1. The molecule has 0 atom stereocenters. The number of anilines is 2. The third-order valence-corrected chi connectivity index (χ3v) is 3.21. The molecular formula is C16H18FN3O. The first-order chi connectivity index (χ1) is 10.0. The third kappa shape index (κ3) is 3.51. The quantitative estimate of drug-likeness (QED) is 0.849. The minimum atomic E-state index is -0.278. The van der Waals surface area contributed by atoms with E-state index in [1.54, 1.807) is 31.3 Å². The molecule has 0 aliphatic carbocycles. The number of rotatable bonds is 4. The Morgan fingerprint density at radius 1 is 1.29 bits per heavy atom. The van der Waals surface area contributed by atoms with Crippen molar-refractivity contribution in [1.82, 2.24) is 5.32 Å². The molecule has 0 saturated heterocycles. The Bertz CT molecular complexity index is 658. The fourth-order valence-corrected chi connectivity index (χ4v) is 2.19. The van der Waals surface area contributed by atoms with E-state index in [2.05, 4.69) is 5.32 Å². The topological polar surface area (TPSA) is 58.4 Å². The molecule has 2 aromatic rings. The lowest BCUT2D eigenvalue weighted by Crippen LogP contribution is -2.24. The van der Waals surface area contributed by atoms with Crippen LogP contribution in [0.25, 0.3) is 0 Å². The smallest absolute Gasteiger partial charge is 0.253 e. The Balaban J connectivity index is 2.31. The lowest BCUT2D eigenvalue weighted by atomic mass is 10.1. The molecular weight excluding hydrogens is 269 g/mol. The van der Waals surface area contributed by atoms with Gasteiger partial charge in [0.1, 0.15) is 5.82 Å². The van der Waals surface area contributed by atoms with Crippen LogP contribution in [0.4, 0.5) is 15.8 Å².